The first-order chi connectivity index (χ1) is 10.8. The van der Waals surface area contributed by atoms with Gasteiger partial charge in [-0.1, -0.05) is 69.2 Å². The van der Waals surface area contributed by atoms with Crippen molar-refractivity contribution >= 4 is 0 Å². The minimum absolute atomic E-state index is 1.18. The smallest absolute Gasteiger partial charge is 0.0320 e. The average molecular weight is 305 g/mol. The Morgan fingerprint density at radius 3 is 1.45 bits per heavy atom. The van der Waals surface area contributed by atoms with Gasteiger partial charge in [-0.05, 0) is 57.8 Å². The van der Waals surface area contributed by atoms with Crippen LogP contribution in [0.1, 0.15) is 103 Å². The monoisotopic (exact) mass is 304 g/mol. The summed E-state index contributed by atoms with van der Waals surface area (Å²) in [4.78, 5) is 0. The molecule has 0 saturated carbocycles. The molecule has 0 aromatic heterocycles. The number of hydrogen-bond acceptors (Lipinski definition) is 0. The largest absolute Gasteiger partial charge is 0.103 e. The minimum atomic E-state index is 1.18. The van der Waals surface area contributed by atoms with Crippen LogP contribution in [-0.2, 0) is 0 Å². The first-order valence-corrected chi connectivity index (χ1v) is 9.74. The van der Waals surface area contributed by atoms with Gasteiger partial charge in [-0.25, -0.2) is 0 Å². The number of unbranched alkanes of at least 4 members (excludes halogenated alkanes) is 10. The van der Waals surface area contributed by atoms with E-state index in [1.807, 2.05) is 12.2 Å². The van der Waals surface area contributed by atoms with E-state index < -0.39 is 0 Å². The molecule has 0 spiro atoms. The van der Waals surface area contributed by atoms with E-state index in [2.05, 4.69) is 26.2 Å². The van der Waals surface area contributed by atoms with Crippen LogP contribution in [0.4, 0.5) is 0 Å². The zero-order valence-corrected chi connectivity index (χ0v) is 15.3. The molecule has 0 rings (SSSR count). The summed E-state index contributed by atoms with van der Waals surface area (Å²) in [5, 5.41) is 0. The van der Waals surface area contributed by atoms with E-state index >= 15 is 0 Å². The van der Waals surface area contributed by atoms with Gasteiger partial charge >= 0.3 is 0 Å². The zero-order chi connectivity index (χ0) is 16.3. The molecule has 0 heterocycles. The summed E-state index contributed by atoms with van der Waals surface area (Å²) in [6.45, 7) is 9.83. The molecule has 0 radical (unpaired) electrons. The maximum absolute atomic E-state index is 3.79. The summed E-state index contributed by atoms with van der Waals surface area (Å²) in [6.07, 6.45) is 26.6. The Morgan fingerprint density at radius 1 is 0.636 bits per heavy atom. The zero-order valence-electron chi connectivity index (χ0n) is 15.3. The summed E-state index contributed by atoms with van der Waals surface area (Å²) in [5.41, 5.74) is 1.72. The summed E-state index contributed by atoms with van der Waals surface area (Å²) in [5.74, 6) is 0. The van der Waals surface area contributed by atoms with Crippen molar-refractivity contribution < 1.29 is 0 Å². The average Bonchev–Trinajstić information content (AvgIpc) is 2.53. The lowest BCUT2D eigenvalue weighted by atomic mass is 9.99. The molecule has 0 aliphatic heterocycles. The fourth-order valence-electron chi connectivity index (χ4n) is 2.96. The van der Waals surface area contributed by atoms with Crippen LogP contribution in [0.3, 0.4) is 0 Å². The normalized spacial score (nSPS) is 11.6. The fraction of sp³-hybridized carbons (Fsp3) is 0.727. The maximum atomic E-state index is 3.79. The summed E-state index contributed by atoms with van der Waals surface area (Å²) in [7, 11) is 0. The topological polar surface area (TPSA) is 0 Å². The molecule has 0 saturated heterocycles. The molecule has 0 nitrogen and oxygen atoms in total. The molecule has 22 heavy (non-hydrogen) atoms. The molecule has 0 atom stereocenters. The highest BCUT2D eigenvalue weighted by atomic mass is 14.1. The molecule has 0 bridgehead atoms. The van der Waals surface area contributed by atoms with Gasteiger partial charge in [0.2, 0.25) is 0 Å². The Bertz CT molecular complexity index is 272. The van der Waals surface area contributed by atoms with E-state index in [4.69, 9.17) is 0 Å². The third-order valence-electron chi connectivity index (χ3n) is 4.31. The van der Waals surface area contributed by atoms with Gasteiger partial charge < -0.3 is 0 Å². The molecule has 128 valence electrons. The van der Waals surface area contributed by atoms with Gasteiger partial charge in [-0.3, -0.25) is 0 Å². The molecular formula is C22H40. The van der Waals surface area contributed by atoms with Gasteiger partial charge in [0.05, 0.1) is 0 Å². The van der Waals surface area contributed by atoms with Crippen LogP contribution in [0, 0.1) is 0 Å². The first kappa shape index (κ1) is 21.2. The molecule has 0 aromatic rings. The van der Waals surface area contributed by atoms with Crippen molar-refractivity contribution in [2.75, 3.05) is 0 Å². The summed E-state index contributed by atoms with van der Waals surface area (Å²) < 4.78 is 0. The highest BCUT2D eigenvalue weighted by Gasteiger charge is 1.99. The van der Waals surface area contributed by atoms with Crippen LogP contribution < -0.4 is 0 Å². The van der Waals surface area contributed by atoms with Crippen molar-refractivity contribution in [2.45, 2.75) is 103 Å². The van der Waals surface area contributed by atoms with E-state index in [1.54, 1.807) is 5.57 Å². The molecule has 0 heteroatoms. The predicted octanol–water partition coefficient (Wildman–Crippen LogP) is 8.16. The second-order valence-corrected chi connectivity index (χ2v) is 6.46. The predicted molar refractivity (Wildman–Crippen MR) is 103 cm³/mol. The van der Waals surface area contributed by atoms with Crippen LogP contribution in [0.15, 0.2) is 37.0 Å². The second kappa shape index (κ2) is 18.3. The van der Waals surface area contributed by atoms with E-state index in [0.29, 0.717) is 0 Å². The third-order valence-corrected chi connectivity index (χ3v) is 4.31. The van der Waals surface area contributed by atoms with Crippen molar-refractivity contribution in [1.82, 2.24) is 0 Å². The van der Waals surface area contributed by atoms with E-state index in [9.17, 15) is 0 Å². The lowest BCUT2D eigenvalue weighted by molar-refractivity contribution is 0.584. The lowest BCUT2D eigenvalue weighted by Gasteiger charge is -2.08. The number of hydrogen-bond donors (Lipinski definition) is 0. The molecule has 0 fully saturated rings. The lowest BCUT2D eigenvalue weighted by Crippen LogP contribution is -1.88. The van der Waals surface area contributed by atoms with Crippen molar-refractivity contribution in [3.63, 3.8) is 0 Å². The molecule has 0 aliphatic rings. The van der Waals surface area contributed by atoms with Gasteiger partial charge in [0.25, 0.3) is 0 Å². The highest BCUT2D eigenvalue weighted by molar-refractivity contribution is 5.01. The van der Waals surface area contributed by atoms with Gasteiger partial charge in [0, 0.05) is 0 Å². The van der Waals surface area contributed by atoms with Crippen LogP contribution in [0.2, 0.25) is 0 Å². The molecule has 0 unspecified atom stereocenters. The number of allylic oxidation sites excluding steroid dienone is 4. The standard InChI is InChI=1S/C22H40/c1-4-7-9-11-13-14-16-18-21-22(19-6-3)20-17-15-12-10-8-5-2/h4-5,19H,1-2,6-18,20-21H2,3H3. The Hall–Kier alpha value is -0.780. The van der Waals surface area contributed by atoms with Crippen molar-refractivity contribution in [2.24, 2.45) is 0 Å². The minimum Gasteiger partial charge on any atom is -0.103 e. The maximum Gasteiger partial charge on any atom is -0.0320 e. The Labute approximate surface area is 140 Å². The molecule has 0 aliphatic carbocycles. The van der Waals surface area contributed by atoms with Gasteiger partial charge in [-0.15, -0.1) is 13.2 Å². The Kier molecular flexibility index (Phi) is 17.6. The van der Waals surface area contributed by atoms with Crippen molar-refractivity contribution in [3.8, 4) is 0 Å². The van der Waals surface area contributed by atoms with Crippen LogP contribution in [0.5, 0.6) is 0 Å². The van der Waals surface area contributed by atoms with Crippen LogP contribution in [0.25, 0.3) is 0 Å². The van der Waals surface area contributed by atoms with Crippen molar-refractivity contribution in [3.05, 3.63) is 37.0 Å². The molecule has 0 amide bonds. The molecule has 0 aromatic carbocycles. The van der Waals surface area contributed by atoms with Gasteiger partial charge in [0.1, 0.15) is 0 Å². The van der Waals surface area contributed by atoms with E-state index in [0.717, 1.165) is 0 Å². The Morgan fingerprint density at radius 2 is 1.05 bits per heavy atom. The quantitative estimate of drug-likeness (QED) is 0.188. The van der Waals surface area contributed by atoms with Gasteiger partial charge in [-0.2, -0.15) is 0 Å². The number of rotatable bonds is 17. The highest BCUT2D eigenvalue weighted by Crippen LogP contribution is 2.19. The summed E-state index contributed by atoms with van der Waals surface area (Å²) in [6, 6.07) is 0. The van der Waals surface area contributed by atoms with Crippen LogP contribution >= 0.6 is 0 Å². The Balaban J connectivity index is 3.54. The van der Waals surface area contributed by atoms with E-state index in [1.165, 1.54) is 96.3 Å². The second-order valence-electron chi connectivity index (χ2n) is 6.46. The van der Waals surface area contributed by atoms with Gasteiger partial charge in [0.15, 0.2) is 0 Å². The first-order valence-electron chi connectivity index (χ1n) is 9.74. The molecular weight excluding hydrogens is 264 g/mol. The van der Waals surface area contributed by atoms with E-state index in [-0.39, 0.29) is 0 Å². The van der Waals surface area contributed by atoms with Crippen molar-refractivity contribution in [1.29, 1.82) is 0 Å². The fourth-order valence-corrected chi connectivity index (χ4v) is 2.96. The third kappa shape index (κ3) is 15.6. The molecule has 0 N–H and O–H groups in total. The SMILES string of the molecule is C=CCCCCCCCCC(=CCC)CCCCCCC=C. The summed E-state index contributed by atoms with van der Waals surface area (Å²) >= 11 is 0. The van der Waals surface area contributed by atoms with Crippen LogP contribution in [-0.4, -0.2) is 0 Å².